The van der Waals surface area contributed by atoms with E-state index in [0.29, 0.717) is 5.69 Å². The molecular weight excluding hydrogens is 292 g/mol. The summed E-state index contributed by atoms with van der Waals surface area (Å²) in [5, 5.41) is 15.1. The van der Waals surface area contributed by atoms with Gasteiger partial charge in [0.2, 0.25) is 0 Å². The Labute approximate surface area is 135 Å². The van der Waals surface area contributed by atoms with Crippen LogP contribution in [-0.4, -0.2) is 36.2 Å². The predicted molar refractivity (Wildman–Crippen MR) is 92.9 cm³/mol. The van der Waals surface area contributed by atoms with Gasteiger partial charge in [-0.25, -0.2) is 0 Å². The Morgan fingerprint density at radius 2 is 1.78 bits per heavy atom. The highest BCUT2D eigenvalue weighted by Crippen LogP contribution is 2.16. The van der Waals surface area contributed by atoms with Crippen LogP contribution in [0.3, 0.4) is 0 Å². The van der Waals surface area contributed by atoms with E-state index in [2.05, 4.69) is 15.4 Å². The molecule has 23 heavy (non-hydrogen) atoms. The van der Waals surface area contributed by atoms with Crippen molar-refractivity contribution in [3.05, 3.63) is 70.3 Å². The number of hydrogen-bond donors (Lipinski definition) is 1. The van der Waals surface area contributed by atoms with Crippen LogP contribution in [0.4, 0.5) is 11.4 Å². The lowest BCUT2D eigenvalue weighted by molar-refractivity contribution is -0.384. The van der Waals surface area contributed by atoms with Crippen molar-refractivity contribution in [2.45, 2.75) is 6.42 Å². The molecule has 0 aliphatic rings. The average molecular weight is 312 g/mol. The van der Waals surface area contributed by atoms with Crippen molar-refractivity contribution in [2.75, 3.05) is 26.1 Å². The van der Waals surface area contributed by atoms with Gasteiger partial charge in [-0.1, -0.05) is 30.3 Å². The zero-order valence-electron chi connectivity index (χ0n) is 13.3. The summed E-state index contributed by atoms with van der Waals surface area (Å²) in [5.74, 6) is 0. The number of nitrogens with one attached hydrogen (secondary N) is 1. The molecule has 2 rings (SSSR count). The van der Waals surface area contributed by atoms with Gasteiger partial charge in [-0.05, 0) is 31.8 Å². The highest BCUT2D eigenvalue weighted by atomic mass is 16.6. The standard InChI is InChI=1S/C17H20N4O2/c1-20(2)13-12-17(14-6-4-3-5-7-14)19-18-15-8-10-16(11-9-15)21(22)23/h3-11,18H,12-13H2,1-2H3/b19-17-. The van der Waals surface area contributed by atoms with Gasteiger partial charge in [-0.3, -0.25) is 15.5 Å². The first-order valence-corrected chi connectivity index (χ1v) is 7.33. The van der Waals surface area contributed by atoms with Crippen LogP contribution in [0.25, 0.3) is 0 Å². The molecule has 0 heterocycles. The fraction of sp³-hybridized carbons (Fsp3) is 0.235. The van der Waals surface area contributed by atoms with Gasteiger partial charge in [0.25, 0.3) is 5.69 Å². The molecule has 0 aromatic heterocycles. The second kappa shape index (κ2) is 8.05. The molecule has 0 saturated heterocycles. The van der Waals surface area contributed by atoms with Gasteiger partial charge in [0.05, 0.1) is 16.3 Å². The Bertz CT molecular complexity index is 667. The van der Waals surface area contributed by atoms with Gasteiger partial charge in [0.1, 0.15) is 0 Å². The van der Waals surface area contributed by atoms with Crippen molar-refractivity contribution >= 4 is 17.1 Å². The van der Waals surface area contributed by atoms with Crippen LogP contribution >= 0.6 is 0 Å². The summed E-state index contributed by atoms with van der Waals surface area (Å²) in [7, 11) is 4.04. The molecule has 120 valence electrons. The molecule has 0 atom stereocenters. The first-order chi connectivity index (χ1) is 11.1. The van der Waals surface area contributed by atoms with Gasteiger partial charge in [0, 0.05) is 25.1 Å². The average Bonchev–Trinajstić information content (AvgIpc) is 2.56. The van der Waals surface area contributed by atoms with Crippen LogP contribution in [0.1, 0.15) is 12.0 Å². The highest BCUT2D eigenvalue weighted by Gasteiger charge is 2.06. The molecule has 2 aromatic carbocycles. The van der Waals surface area contributed by atoms with Crippen molar-refractivity contribution in [2.24, 2.45) is 5.10 Å². The molecule has 0 unspecified atom stereocenters. The summed E-state index contributed by atoms with van der Waals surface area (Å²) in [6, 6.07) is 16.2. The number of non-ortho nitro benzene ring substituents is 1. The maximum absolute atomic E-state index is 10.7. The lowest BCUT2D eigenvalue weighted by Crippen LogP contribution is -2.18. The van der Waals surface area contributed by atoms with Gasteiger partial charge in [-0.15, -0.1) is 0 Å². The normalized spacial score (nSPS) is 11.5. The quantitative estimate of drug-likeness (QED) is 0.483. The summed E-state index contributed by atoms with van der Waals surface area (Å²) < 4.78 is 0. The monoisotopic (exact) mass is 312 g/mol. The predicted octanol–water partition coefficient (Wildman–Crippen LogP) is 3.36. The van der Waals surface area contributed by atoms with Crippen molar-refractivity contribution in [1.29, 1.82) is 0 Å². The number of rotatable bonds is 7. The Hall–Kier alpha value is -2.73. The van der Waals surface area contributed by atoms with Crippen LogP contribution < -0.4 is 5.43 Å². The number of hydrazone groups is 1. The van der Waals surface area contributed by atoms with E-state index in [1.165, 1.54) is 12.1 Å². The smallest absolute Gasteiger partial charge is 0.269 e. The zero-order chi connectivity index (χ0) is 16.7. The number of anilines is 1. The van der Waals surface area contributed by atoms with Crippen LogP contribution in [0.5, 0.6) is 0 Å². The fourth-order valence-corrected chi connectivity index (χ4v) is 2.01. The largest absolute Gasteiger partial charge is 0.309 e. The minimum Gasteiger partial charge on any atom is -0.309 e. The Balaban J connectivity index is 2.14. The van der Waals surface area contributed by atoms with Gasteiger partial charge < -0.3 is 4.90 Å². The van der Waals surface area contributed by atoms with E-state index in [1.54, 1.807) is 12.1 Å². The maximum atomic E-state index is 10.7. The lowest BCUT2D eigenvalue weighted by Gasteiger charge is -2.12. The molecule has 0 aliphatic carbocycles. The van der Waals surface area contributed by atoms with E-state index in [0.717, 1.165) is 24.2 Å². The van der Waals surface area contributed by atoms with Crippen molar-refractivity contribution < 1.29 is 4.92 Å². The third kappa shape index (κ3) is 5.19. The Morgan fingerprint density at radius 1 is 1.13 bits per heavy atom. The van der Waals surface area contributed by atoms with E-state index in [4.69, 9.17) is 0 Å². The lowest BCUT2D eigenvalue weighted by atomic mass is 10.1. The second-order valence-electron chi connectivity index (χ2n) is 5.39. The summed E-state index contributed by atoms with van der Waals surface area (Å²) in [6.07, 6.45) is 0.803. The van der Waals surface area contributed by atoms with E-state index in [1.807, 2.05) is 44.4 Å². The molecule has 0 saturated carbocycles. The molecule has 6 heteroatoms. The van der Waals surface area contributed by atoms with Crippen molar-refractivity contribution in [3.8, 4) is 0 Å². The third-order valence-corrected chi connectivity index (χ3v) is 3.30. The number of nitrogens with zero attached hydrogens (tertiary/aromatic N) is 3. The first-order valence-electron chi connectivity index (χ1n) is 7.33. The number of nitro groups is 1. The number of nitro benzene ring substituents is 1. The molecule has 0 spiro atoms. The SMILES string of the molecule is CN(C)CC/C(=N/Nc1ccc([N+](=O)[O-])cc1)c1ccccc1. The minimum atomic E-state index is -0.417. The van der Waals surface area contributed by atoms with Gasteiger partial charge in [-0.2, -0.15) is 5.10 Å². The van der Waals surface area contributed by atoms with Gasteiger partial charge in [0.15, 0.2) is 0 Å². The second-order valence-corrected chi connectivity index (χ2v) is 5.39. The molecule has 0 amide bonds. The molecular formula is C17H20N4O2. The summed E-state index contributed by atoms with van der Waals surface area (Å²) in [5.41, 5.74) is 5.76. The minimum absolute atomic E-state index is 0.0652. The Kier molecular flexibility index (Phi) is 5.82. The molecule has 0 bridgehead atoms. The summed E-state index contributed by atoms with van der Waals surface area (Å²) in [4.78, 5) is 12.3. The molecule has 6 nitrogen and oxygen atoms in total. The molecule has 1 N–H and O–H groups in total. The summed E-state index contributed by atoms with van der Waals surface area (Å²) in [6.45, 7) is 0.885. The van der Waals surface area contributed by atoms with Crippen LogP contribution in [0, 0.1) is 10.1 Å². The highest BCUT2D eigenvalue weighted by molar-refractivity contribution is 6.01. The van der Waals surface area contributed by atoms with Crippen LogP contribution in [0.15, 0.2) is 59.7 Å². The number of benzene rings is 2. The summed E-state index contributed by atoms with van der Waals surface area (Å²) >= 11 is 0. The fourth-order valence-electron chi connectivity index (χ4n) is 2.01. The van der Waals surface area contributed by atoms with E-state index in [-0.39, 0.29) is 5.69 Å². The van der Waals surface area contributed by atoms with Crippen LogP contribution in [-0.2, 0) is 0 Å². The number of hydrogen-bond acceptors (Lipinski definition) is 5. The maximum Gasteiger partial charge on any atom is 0.269 e. The zero-order valence-corrected chi connectivity index (χ0v) is 13.3. The molecule has 0 fully saturated rings. The molecule has 2 aromatic rings. The van der Waals surface area contributed by atoms with E-state index < -0.39 is 4.92 Å². The third-order valence-electron chi connectivity index (χ3n) is 3.30. The Morgan fingerprint density at radius 3 is 2.35 bits per heavy atom. The molecule has 0 aliphatic heterocycles. The van der Waals surface area contributed by atoms with E-state index >= 15 is 0 Å². The first kappa shape index (κ1) is 16.6. The molecule has 0 radical (unpaired) electrons. The van der Waals surface area contributed by atoms with Crippen molar-refractivity contribution in [1.82, 2.24) is 4.90 Å². The van der Waals surface area contributed by atoms with Crippen LogP contribution in [0.2, 0.25) is 0 Å². The topological polar surface area (TPSA) is 70.8 Å². The van der Waals surface area contributed by atoms with E-state index in [9.17, 15) is 10.1 Å². The van der Waals surface area contributed by atoms with Gasteiger partial charge >= 0.3 is 0 Å². The van der Waals surface area contributed by atoms with Crippen molar-refractivity contribution in [3.63, 3.8) is 0 Å².